The lowest BCUT2D eigenvalue weighted by molar-refractivity contribution is -0.159. The number of thiophene rings is 1. The molecule has 2 aromatic carbocycles. The Bertz CT molecular complexity index is 1530. The molecule has 1 aliphatic rings. The zero-order valence-corrected chi connectivity index (χ0v) is 26.0. The van der Waals surface area contributed by atoms with Gasteiger partial charge in [-0.2, -0.15) is 0 Å². The lowest BCUT2D eigenvalue weighted by Crippen LogP contribution is -2.36. The largest absolute Gasteiger partial charge is 0.347 e. The molecule has 3 unspecified atom stereocenters. The van der Waals surface area contributed by atoms with E-state index in [9.17, 15) is 4.21 Å². The highest BCUT2D eigenvalue weighted by molar-refractivity contribution is 7.98. The normalized spacial score (nSPS) is 20.8. The molecule has 0 radical (unpaired) electrons. The van der Waals surface area contributed by atoms with E-state index in [2.05, 4.69) is 72.5 Å². The van der Waals surface area contributed by atoms with Gasteiger partial charge in [0.05, 0.1) is 34.1 Å². The van der Waals surface area contributed by atoms with Gasteiger partial charge in [0, 0.05) is 26.2 Å². The van der Waals surface area contributed by atoms with Crippen molar-refractivity contribution in [3.05, 3.63) is 82.9 Å². The SMILES string of the molecule is CSc1ccccc1C(NS(=O)C(C)(C)C)c1cc2cccc(-c3cc(C4(C)COC(C)(C)O4)ccn3)c2s1. The molecule has 0 aliphatic carbocycles. The summed E-state index contributed by atoms with van der Waals surface area (Å²) in [5.74, 6) is -0.622. The summed E-state index contributed by atoms with van der Waals surface area (Å²) < 4.78 is 29.7. The van der Waals surface area contributed by atoms with Gasteiger partial charge in [0.25, 0.3) is 0 Å². The van der Waals surface area contributed by atoms with Crippen LogP contribution in [-0.2, 0) is 26.1 Å². The molecule has 1 fully saturated rings. The zero-order valence-electron chi connectivity index (χ0n) is 23.5. The molecule has 0 saturated carbocycles. The van der Waals surface area contributed by atoms with Gasteiger partial charge in [-0.1, -0.05) is 36.4 Å². The van der Waals surface area contributed by atoms with E-state index in [1.165, 1.54) is 4.90 Å². The van der Waals surface area contributed by atoms with Gasteiger partial charge in [-0.3, -0.25) is 4.98 Å². The van der Waals surface area contributed by atoms with Gasteiger partial charge in [-0.25, -0.2) is 8.93 Å². The summed E-state index contributed by atoms with van der Waals surface area (Å²) in [7, 11) is -1.25. The summed E-state index contributed by atoms with van der Waals surface area (Å²) in [6.45, 7) is 12.4. The fourth-order valence-corrected chi connectivity index (χ4v) is 7.64. The van der Waals surface area contributed by atoms with Crippen LogP contribution in [0.15, 0.2) is 71.8 Å². The Morgan fingerprint density at radius 1 is 1.08 bits per heavy atom. The summed E-state index contributed by atoms with van der Waals surface area (Å²) in [6, 6.07) is 20.8. The minimum absolute atomic E-state index is 0.205. The van der Waals surface area contributed by atoms with E-state index in [1.807, 2.05) is 46.9 Å². The molecule has 1 saturated heterocycles. The number of nitrogens with one attached hydrogen (secondary N) is 1. The second-order valence-corrected chi connectivity index (χ2v) is 15.4. The van der Waals surface area contributed by atoms with Crippen molar-refractivity contribution in [3.63, 3.8) is 0 Å². The van der Waals surface area contributed by atoms with Crippen molar-refractivity contribution in [3.8, 4) is 11.3 Å². The maximum Gasteiger partial charge on any atom is 0.164 e. The van der Waals surface area contributed by atoms with E-state index in [-0.39, 0.29) is 6.04 Å². The molecule has 3 heterocycles. The van der Waals surface area contributed by atoms with Gasteiger partial charge >= 0.3 is 0 Å². The molecule has 4 aromatic rings. The number of benzene rings is 2. The number of ether oxygens (including phenoxy) is 2. The predicted octanol–water partition coefficient (Wildman–Crippen LogP) is 7.82. The summed E-state index contributed by atoms with van der Waals surface area (Å²) in [4.78, 5) is 7.05. The summed E-state index contributed by atoms with van der Waals surface area (Å²) in [5.41, 5.74) is 3.60. The highest BCUT2D eigenvalue weighted by Gasteiger charge is 2.43. The first-order valence-electron chi connectivity index (χ1n) is 13.0. The number of nitrogens with zero attached hydrogens (tertiary/aromatic N) is 1. The fourth-order valence-electron chi connectivity index (χ4n) is 4.85. The molecule has 0 amide bonds. The Morgan fingerprint density at radius 2 is 1.85 bits per heavy atom. The molecule has 5 nitrogen and oxygen atoms in total. The van der Waals surface area contributed by atoms with E-state index in [0.29, 0.717) is 6.61 Å². The maximum atomic E-state index is 13.3. The maximum absolute atomic E-state index is 13.3. The van der Waals surface area contributed by atoms with Crippen molar-refractivity contribution in [1.29, 1.82) is 0 Å². The van der Waals surface area contributed by atoms with Crippen molar-refractivity contribution in [1.82, 2.24) is 9.71 Å². The Hall–Kier alpha value is -2.07. The first kappa shape index (κ1) is 28.5. The molecule has 5 rings (SSSR count). The lowest BCUT2D eigenvalue weighted by atomic mass is 9.96. The molecular weight excluding hydrogens is 545 g/mol. The molecule has 3 atom stereocenters. The van der Waals surface area contributed by atoms with Gasteiger partial charge in [0.15, 0.2) is 5.79 Å². The third-order valence-corrected chi connectivity index (χ3v) is 10.5. The topological polar surface area (TPSA) is 60.5 Å². The molecule has 206 valence electrons. The third kappa shape index (κ3) is 5.87. The third-order valence-electron chi connectivity index (χ3n) is 6.89. The summed E-state index contributed by atoms with van der Waals surface area (Å²) in [5, 5.41) is 1.14. The fraction of sp³-hybridized carbons (Fsp3) is 0.387. The summed E-state index contributed by atoms with van der Waals surface area (Å²) in [6.07, 6.45) is 3.93. The van der Waals surface area contributed by atoms with Crippen molar-refractivity contribution in [2.45, 2.75) is 68.6 Å². The lowest BCUT2D eigenvalue weighted by Gasteiger charge is -2.25. The van der Waals surface area contributed by atoms with Crippen LogP contribution in [0.4, 0.5) is 0 Å². The smallest absolute Gasteiger partial charge is 0.164 e. The monoisotopic (exact) mass is 580 g/mol. The highest BCUT2D eigenvalue weighted by Crippen LogP contribution is 2.42. The van der Waals surface area contributed by atoms with Gasteiger partial charge in [-0.05, 0) is 88.6 Å². The van der Waals surface area contributed by atoms with Crippen molar-refractivity contribution in [2.24, 2.45) is 0 Å². The van der Waals surface area contributed by atoms with Crippen LogP contribution in [0.5, 0.6) is 0 Å². The average Bonchev–Trinajstić information content (AvgIpc) is 3.46. The van der Waals surface area contributed by atoms with Crippen LogP contribution in [0.2, 0.25) is 0 Å². The molecular formula is C31H36N2O3S3. The zero-order chi connectivity index (χ0) is 28.0. The Balaban J connectivity index is 1.59. The van der Waals surface area contributed by atoms with Crippen LogP contribution >= 0.6 is 23.1 Å². The van der Waals surface area contributed by atoms with Crippen LogP contribution in [0.25, 0.3) is 21.3 Å². The molecule has 0 spiro atoms. The predicted molar refractivity (Wildman–Crippen MR) is 165 cm³/mol. The van der Waals surface area contributed by atoms with Crippen molar-refractivity contribution < 1.29 is 13.7 Å². The van der Waals surface area contributed by atoms with E-state index < -0.39 is 27.1 Å². The molecule has 1 aliphatic heterocycles. The number of fused-ring (bicyclic) bond motifs is 1. The number of pyridine rings is 1. The van der Waals surface area contributed by atoms with Crippen LogP contribution in [-0.4, -0.2) is 32.6 Å². The Labute approximate surface area is 242 Å². The molecule has 8 heteroatoms. The molecule has 1 N–H and O–H groups in total. The van der Waals surface area contributed by atoms with Crippen LogP contribution in [0, 0.1) is 0 Å². The highest BCUT2D eigenvalue weighted by atomic mass is 32.2. The standard InChI is InChI=1S/C31H36N2O3S3/c1-29(2,3)39(34)33-27(23-12-8-9-14-25(23)37-7)26-17-20-11-10-13-22(28(20)38-26)24-18-21(15-16-32-24)31(6)19-35-30(4,5)36-31/h8-18,27,33H,19H2,1-7H3. The number of aromatic nitrogens is 1. The minimum Gasteiger partial charge on any atom is -0.347 e. The number of rotatable bonds is 7. The minimum atomic E-state index is -1.25. The van der Waals surface area contributed by atoms with E-state index in [4.69, 9.17) is 14.5 Å². The van der Waals surface area contributed by atoms with Gasteiger partial charge in [0.1, 0.15) is 5.60 Å². The van der Waals surface area contributed by atoms with Crippen LogP contribution < -0.4 is 4.72 Å². The average molecular weight is 581 g/mol. The van der Waals surface area contributed by atoms with E-state index in [1.54, 1.807) is 23.1 Å². The van der Waals surface area contributed by atoms with E-state index in [0.717, 1.165) is 37.3 Å². The summed E-state index contributed by atoms with van der Waals surface area (Å²) >= 11 is 3.43. The molecule has 0 bridgehead atoms. The van der Waals surface area contributed by atoms with Gasteiger partial charge in [-0.15, -0.1) is 23.1 Å². The molecule has 2 aromatic heterocycles. The first-order chi connectivity index (χ1) is 18.4. The second kappa shape index (κ2) is 10.7. The Morgan fingerprint density at radius 3 is 2.54 bits per heavy atom. The second-order valence-electron chi connectivity index (χ2n) is 11.5. The Kier molecular flexibility index (Phi) is 7.83. The number of hydrogen-bond acceptors (Lipinski definition) is 6. The van der Waals surface area contributed by atoms with Crippen LogP contribution in [0.3, 0.4) is 0 Å². The first-order valence-corrected chi connectivity index (χ1v) is 16.2. The van der Waals surface area contributed by atoms with E-state index >= 15 is 0 Å². The van der Waals surface area contributed by atoms with Crippen molar-refractivity contribution in [2.75, 3.05) is 12.9 Å². The van der Waals surface area contributed by atoms with Gasteiger partial charge in [0.2, 0.25) is 0 Å². The van der Waals surface area contributed by atoms with Crippen molar-refractivity contribution >= 4 is 44.2 Å². The quantitative estimate of drug-likeness (QED) is 0.226. The van der Waals surface area contributed by atoms with Gasteiger partial charge < -0.3 is 9.47 Å². The number of thioether (sulfide) groups is 1. The van der Waals surface area contributed by atoms with Crippen LogP contribution in [0.1, 0.15) is 63.6 Å². The molecule has 39 heavy (non-hydrogen) atoms. The number of hydrogen-bond donors (Lipinski definition) is 1.